The van der Waals surface area contributed by atoms with Crippen molar-refractivity contribution in [3.05, 3.63) is 83.5 Å². The van der Waals surface area contributed by atoms with Crippen molar-refractivity contribution in [1.29, 1.82) is 0 Å². The molecule has 0 radical (unpaired) electrons. The summed E-state index contributed by atoms with van der Waals surface area (Å²) in [5.41, 5.74) is 0.862. The fraction of sp³-hybridized carbons (Fsp3) is 0.0417. The summed E-state index contributed by atoms with van der Waals surface area (Å²) in [6.07, 6.45) is -0.936. The molecule has 3 aliphatic rings. The van der Waals surface area contributed by atoms with Crippen LogP contribution in [0.3, 0.4) is 0 Å². The number of esters is 2. The molecule has 0 amide bonds. The third kappa shape index (κ3) is 2.93. The zero-order chi connectivity index (χ0) is 24.1. The van der Waals surface area contributed by atoms with E-state index in [9.17, 15) is 9.59 Å². The third-order valence-corrected chi connectivity index (χ3v) is 5.50. The molecular weight excluding hydrogens is 448 g/mol. The van der Waals surface area contributed by atoms with Crippen LogP contribution in [0.1, 0.15) is 0 Å². The molecule has 11 nitrogen and oxygen atoms in total. The standard InChI is InChI=1S/C24H11N8O3/c1-25-17-18(26-2)30-22-21(29-17)31(13-9-5-3-6-10-13)19-20(32(22)14-11-7-4-8-12-14)28-16-15(27-19)23(33)35-24(16)34/h3-12,19H/q+1. The molecular formula is C24H11N8O3+. The second kappa shape index (κ2) is 7.50. The number of benzene rings is 2. The number of fused-ring (bicyclic) bond motifs is 3. The van der Waals surface area contributed by atoms with Crippen molar-refractivity contribution in [1.82, 2.24) is 14.5 Å². The number of amidine groups is 1. The van der Waals surface area contributed by atoms with Gasteiger partial charge >= 0.3 is 23.6 Å². The largest absolute Gasteiger partial charge is 0.384 e. The van der Waals surface area contributed by atoms with Gasteiger partial charge in [0.2, 0.25) is 6.17 Å². The van der Waals surface area contributed by atoms with Crippen molar-refractivity contribution in [2.75, 3.05) is 4.90 Å². The number of carbonyl (C=O) groups excluding carboxylic acids is 2. The number of nitrogens with zero attached hydrogens (tertiary/aromatic N) is 8. The Labute approximate surface area is 197 Å². The number of hydrogen-bond acceptors (Lipinski definition) is 8. The van der Waals surface area contributed by atoms with E-state index in [0.29, 0.717) is 11.4 Å². The molecule has 0 aliphatic carbocycles. The number of aliphatic imine (C=N–C) groups is 2. The lowest BCUT2D eigenvalue weighted by molar-refractivity contribution is -0.147. The number of anilines is 2. The Hall–Kier alpha value is -5.55. The maximum absolute atomic E-state index is 12.3. The Balaban J connectivity index is 1.75. The van der Waals surface area contributed by atoms with Crippen LogP contribution in [-0.2, 0) is 14.3 Å². The summed E-state index contributed by atoms with van der Waals surface area (Å²) in [5, 5.41) is 0. The number of cyclic esters (lactones) is 2. The highest BCUT2D eigenvalue weighted by Gasteiger charge is 2.51. The summed E-state index contributed by atoms with van der Waals surface area (Å²) in [5.74, 6) is -1.37. The first-order valence-corrected chi connectivity index (χ1v) is 10.3. The van der Waals surface area contributed by atoms with Gasteiger partial charge in [-0.15, -0.1) is 9.97 Å². The predicted octanol–water partition coefficient (Wildman–Crippen LogP) is 3.27. The van der Waals surface area contributed by atoms with Crippen molar-refractivity contribution in [3.63, 3.8) is 0 Å². The first-order chi connectivity index (χ1) is 17.1. The van der Waals surface area contributed by atoms with Gasteiger partial charge in [-0.05, 0) is 24.3 Å². The molecule has 0 N–H and O–H groups in total. The van der Waals surface area contributed by atoms with Gasteiger partial charge in [0, 0.05) is 5.69 Å². The molecule has 2 aromatic carbocycles. The summed E-state index contributed by atoms with van der Waals surface area (Å²) in [6.45, 7) is 15.0. The first kappa shape index (κ1) is 20.1. The lowest BCUT2D eigenvalue weighted by Crippen LogP contribution is -2.48. The fourth-order valence-corrected chi connectivity index (χ4v) is 4.05. The fourth-order valence-electron chi connectivity index (χ4n) is 4.05. The van der Waals surface area contributed by atoms with Gasteiger partial charge in [-0.2, -0.15) is 4.58 Å². The molecule has 6 rings (SSSR count). The first-order valence-electron chi connectivity index (χ1n) is 10.3. The van der Waals surface area contributed by atoms with Crippen molar-refractivity contribution in [2.24, 2.45) is 9.98 Å². The molecule has 1 saturated heterocycles. The van der Waals surface area contributed by atoms with Crippen LogP contribution in [0.15, 0.2) is 70.6 Å². The molecule has 164 valence electrons. The van der Waals surface area contributed by atoms with Gasteiger partial charge in [0.15, 0.2) is 5.71 Å². The van der Waals surface area contributed by atoms with E-state index in [-0.39, 0.29) is 40.5 Å². The summed E-state index contributed by atoms with van der Waals surface area (Å²) < 4.78 is 6.37. The smallest absolute Gasteiger partial charge is 0.382 e. The van der Waals surface area contributed by atoms with E-state index in [1.165, 1.54) is 0 Å². The SMILES string of the molecule is [C-]#[N+]c1nc2c(nc1[N+]#[C-])[N+](c1ccccc1)=C1N=C3C(=O)OC(=O)C3=NC1N2c1ccccc1. The quantitative estimate of drug-likeness (QED) is 0.252. The lowest BCUT2D eigenvalue weighted by atomic mass is 10.1. The van der Waals surface area contributed by atoms with E-state index >= 15 is 0 Å². The van der Waals surface area contributed by atoms with Crippen LogP contribution in [0.25, 0.3) is 9.69 Å². The van der Waals surface area contributed by atoms with Crippen LogP contribution in [-0.4, -0.2) is 45.3 Å². The van der Waals surface area contributed by atoms with E-state index in [1.54, 1.807) is 33.7 Å². The highest BCUT2D eigenvalue weighted by Crippen LogP contribution is 2.43. The Kier molecular flexibility index (Phi) is 4.31. The van der Waals surface area contributed by atoms with Gasteiger partial charge in [0.25, 0.3) is 23.2 Å². The zero-order valence-electron chi connectivity index (χ0n) is 17.7. The molecule has 1 aromatic heterocycles. The van der Waals surface area contributed by atoms with Gasteiger partial charge in [0.1, 0.15) is 5.69 Å². The summed E-state index contributed by atoms with van der Waals surface area (Å²) in [7, 11) is 0. The number of rotatable bonds is 2. The van der Waals surface area contributed by atoms with Crippen LogP contribution in [0.2, 0.25) is 0 Å². The molecule has 35 heavy (non-hydrogen) atoms. The van der Waals surface area contributed by atoms with E-state index in [2.05, 4.69) is 29.6 Å². The number of aromatic nitrogens is 2. The van der Waals surface area contributed by atoms with Gasteiger partial charge in [0.05, 0.1) is 0 Å². The van der Waals surface area contributed by atoms with Crippen LogP contribution < -0.4 is 9.48 Å². The van der Waals surface area contributed by atoms with E-state index in [1.807, 2.05) is 36.4 Å². The summed E-state index contributed by atoms with van der Waals surface area (Å²) in [4.78, 5) is 51.1. The highest BCUT2D eigenvalue weighted by atomic mass is 16.6. The second-order valence-corrected chi connectivity index (χ2v) is 7.47. The molecule has 3 aliphatic heterocycles. The van der Waals surface area contributed by atoms with Crippen molar-refractivity contribution >= 4 is 63.8 Å². The minimum Gasteiger partial charge on any atom is -0.382 e. The van der Waals surface area contributed by atoms with Gasteiger partial charge in [-0.25, -0.2) is 14.6 Å². The average Bonchev–Trinajstić information content (AvgIpc) is 3.18. The molecule has 1 unspecified atom stereocenters. The molecule has 0 bridgehead atoms. The van der Waals surface area contributed by atoms with Crippen molar-refractivity contribution in [3.8, 4) is 0 Å². The Morgan fingerprint density at radius 2 is 1.49 bits per heavy atom. The number of para-hydroxylation sites is 2. The topological polar surface area (TPSA) is 109 Å². The number of carbonyl (C=O) groups is 2. The summed E-state index contributed by atoms with van der Waals surface area (Å²) >= 11 is 0. The van der Waals surface area contributed by atoms with Crippen LogP contribution >= 0.6 is 0 Å². The normalized spacial score (nSPS) is 17.9. The minimum absolute atomic E-state index is 0.167. The molecule has 0 saturated carbocycles. The molecule has 0 spiro atoms. The van der Waals surface area contributed by atoms with Crippen molar-refractivity contribution < 1.29 is 14.3 Å². The maximum atomic E-state index is 12.3. The van der Waals surface area contributed by atoms with Crippen LogP contribution in [0, 0.1) is 13.1 Å². The van der Waals surface area contributed by atoms with E-state index in [0.717, 1.165) is 0 Å². The Morgan fingerprint density at radius 3 is 2.17 bits per heavy atom. The lowest BCUT2D eigenvalue weighted by Gasteiger charge is -2.32. The van der Waals surface area contributed by atoms with Crippen LogP contribution in [0.4, 0.5) is 34.6 Å². The Morgan fingerprint density at radius 1 is 0.857 bits per heavy atom. The zero-order valence-corrected chi connectivity index (χ0v) is 17.7. The Bertz CT molecular complexity index is 1630. The molecule has 3 aromatic rings. The van der Waals surface area contributed by atoms with Gasteiger partial charge in [-0.1, -0.05) is 54.5 Å². The van der Waals surface area contributed by atoms with Crippen molar-refractivity contribution in [2.45, 2.75) is 6.17 Å². The molecule has 4 heterocycles. The van der Waals surface area contributed by atoms with Gasteiger partial charge in [-0.3, -0.25) is 4.90 Å². The molecule has 11 heteroatoms. The molecule has 1 fully saturated rings. The van der Waals surface area contributed by atoms with Gasteiger partial charge < -0.3 is 14.4 Å². The van der Waals surface area contributed by atoms with E-state index < -0.39 is 18.1 Å². The molecule has 1 atom stereocenters. The highest BCUT2D eigenvalue weighted by molar-refractivity contribution is 6.85. The number of hydrogen-bond donors (Lipinski definition) is 0. The summed E-state index contributed by atoms with van der Waals surface area (Å²) in [6, 6.07) is 18.1. The monoisotopic (exact) mass is 459 g/mol. The predicted molar refractivity (Wildman–Crippen MR) is 126 cm³/mol. The third-order valence-electron chi connectivity index (χ3n) is 5.50. The minimum atomic E-state index is -0.936. The van der Waals surface area contributed by atoms with Crippen LogP contribution in [0.5, 0.6) is 0 Å². The second-order valence-electron chi connectivity index (χ2n) is 7.47. The maximum Gasteiger partial charge on any atom is 0.384 e. The number of ether oxygens (including phenoxy) is 1. The average molecular weight is 459 g/mol. The van der Waals surface area contributed by atoms with E-state index in [4.69, 9.17) is 17.9 Å².